The fourth-order valence-electron chi connectivity index (χ4n) is 1.28. The van der Waals surface area contributed by atoms with Crippen molar-refractivity contribution in [3.63, 3.8) is 0 Å². The minimum atomic E-state index is 0. The number of aliphatic imine (C=N–C) groups is 1. The van der Waals surface area contributed by atoms with Gasteiger partial charge in [0.05, 0.1) is 0 Å². The van der Waals surface area contributed by atoms with Gasteiger partial charge in [0.1, 0.15) is 0 Å². The average Bonchev–Trinajstić information content (AvgIpc) is 2.97. The highest BCUT2D eigenvalue weighted by Crippen LogP contribution is 2.43. The summed E-state index contributed by atoms with van der Waals surface area (Å²) >= 11 is 1.87. The Balaban J connectivity index is 0.00000256. The third kappa shape index (κ3) is 6.74. The molecule has 0 aliphatic heterocycles. The number of nitrogens with one attached hydrogen (secondary N) is 2. The lowest BCUT2D eigenvalue weighted by Gasteiger charge is -2.24. The first-order valence-corrected chi connectivity index (χ1v) is 7.13. The predicted molar refractivity (Wildman–Crippen MR) is 89.7 cm³/mol. The summed E-state index contributed by atoms with van der Waals surface area (Å²) in [5.74, 6) is 0.926. The molecule has 1 aliphatic rings. The molecule has 0 atom stereocenters. The van der Waals surface area contributed by atoms with Crippen molar-refractivity contribution in [1.82, 2.24) is 10.6 Å². The fourth-order valence-corrected chi connectivity index (χ4v) is 1.49. The molecule has 102 valence electrons. The van der Waals surface area contributed by atoms with Crippen molar-refractivity contribution in [1.29, 1.82) is 0 Å². The van der Waals surface area contributed by atoms with Crippen LogP contribution in [-0.4, -0.2) is 37.1 Å². The third-order valence-corrected chi connectivity index (χ3v) is 4.49. The normalized spacial score (nSPS) is 18.3. The van der Waals surface area contributed by atoms with Gasteiger partial charge in [-0.25, -0.2) is 0 Å². The molecule has 5 heteroatoms. The van der Waals surface area contributed by atoms with Crippen molar-refractivity contribution in [2.45, 2.75) is 38.4 Å². The fraction of sp³-hybridized carbons (Fsp3) is 0.917. The van der Waals surface area contributed by atoms with E-state index >= 15 is 0 Å². The van der Waals surface area contributed by atoms with E-state index in [2.05, 4.69) is 42.7 Å². The van der Waals surface area contributed by atoms with Crippen LogP contribution in [0.15, 0.2) is 4.99 Å². The van der Waals surface area contributed by atoms with Crippen molar-refractivity contribution < 1.29 is 0 Å². The van der Waals surface area contributed by atoms with Gasteiger partial charge in [0.25, 0.3) is 0 Å². The summed E-state index contributed by atoms with van der Waals surface area (Å²) in [5.41, 5.74) is 0.520. The van der Waals surface area contributed by atoms with E-state index in [1.54, 1.807) is 0 Å². The minimum absolute atomic E-state index is 0. The van der Waals surface area contributed by atoms with Crippen LogP contribution in [0.2, 0.25) is 0 Å². The summed E-state index contributed by atoms with van der Waals surface area (Å²) in [6, 6.07) is 0. The van der Waals surface area contributed by atoms with Crippen LogP contribution in [-0.2, 0) is 0 Å². The smallest absolute Gasteiger partial charge is 0.191 e. The topological polar surface area (TPSA) is 36.4 Å². The van der Waals surface area contributed by atoms with Gasteiger partial charge >= 0.3 is 0 Å². The molecule has 1 saturated carbocycles. The van der Waals surface area contributed by atoms with Crippen LogP contribution in [0.25, 0.3) is 0 Å². The number of hydrogen-bond acceptors (Lipinski definition) is 2. The maximum absolute atomic E-state index is 4.24. The first-order valence-electron chi connectivity index (χ1n) is 5.90. The van der Waals surface area contributed by atoms with E-state index in [1.807, 2.05) is 18.8 Å². The molecule has 2 N–H and O–H groups in total. The molecule has 0 aromatic heterocycles. The highest BCUT2D eigenvalue weighted by atomic mass is 127. The standard InChI is InChI=1S/C12H25N3S.HI/c1-11(2,16-5)8-14-10(13-4)15-9-12(3)6-7-12;/h6-9H2,1-5H3,(H2,13,14,15);1H. The zero-order chi connectivity index (χ0) is 12.2. The van der Waals surface area contributed by atoms with Gasteiger partial charge < -0.3 is 10.6 Å². The molecular formula is C12H26IN3S. The zero-order valence-electron chi connectivity index (χ0n) is 11.6. The second-order valence-corrected chi connectivity index (χ2v) is 7.07. The Hall–Kier alpha value is 0.350. The van der Waals surface area contributed by atoms with Gasteiger partial charge in [-0.1, -0.05) is 6.92 Å². The maximum atomic E-state index is 4.24. The molecular weight excluding hydrogens is 345 g/mol. The molecule has 1 aliphatic carbocycles. The summed E-state index contributed by atoms with van der Waals surface area (Å²) < 4.78 is 0.251. The number of guanidine groups is 1. The second-order valence-electron chi connectivity index (χ2n) is 5.55. The summed E-state index contributed by atoms with van der Waals surface area (Å²) in [6.07, 6.45) is 4.82. The molecule has 0 aromatic rings. The van der Waals surface area contributed by atoms with Crippen LogP contribution in [0, 0.1) is 5.41 Å². The molecule has 0 saturated heterocycles. The summed E-state index contributed by atoms with van der Waals surface area (Å²) in [6.45, 7) is 8.76. The third-order valence-electron chi connectivity index (χ3n) is 3.24. The summed E-state index contributed by atoms with van der Waals surface area (Å²) in [5, 5.41) is 6.78. The molecule has 0 heterocycles. The van der Waals surface area contributed by atoms with Crippen molar-refractivity contribution in [3.8, 4) is 0 Å². The number of halogens is 1. The van der Waals surface area contributed by atoms with Crippen LogP contribution < -0.4 is 10.6 Å². The summed E-state index contributed by atoms with van der Waals surface area (Å²) in [4.78, 5) is 4.24. The van der Waals surface area contributed by atoms with Crippen molar-refractivity contribution in [2.75, 3.05) is 26.4 Å². The molecule has 0 spiro atoms. The van der Waals surface area contributed by atoms with E-state index in [4.69, 9.17) is 0 Å². The van der Waals surface area contributed by atoms with Crippen LogP contribution in [0.4, 0.5) is 0 Å². The van der Waals surface area contributed by atoms with Gasteiger partial charge in [-0.15, -0.1) is 24.0 Å². The molecule has 0 bridgehead atoms. The average molecular weight is 371 g/mol. The van der Waals surface area contributed by atoms with Crippen LogP contribution >= 0.6 is 35.7 Å². The largest absolute Gasteiger partial charge is 0.356 e. The molecule has 3 nitrogen and oxygen atoms in total. The second kappa shape index (κ2) is 7.07. The molecule has 0 unspecified atom stereocenters. The van der Waals surface area contributed by atoms with E-state index in [-0.39, 0.29) is 28.7 Å². The van der Waals surface area contributed by atoms with Gasteiger partial charge in [0.2, 0.25) is 0 Å². The van der Waals surface area contributed by atoms with Crippen LogP contribution in [0.3, 0.4) is 0 Å². The molecule has 0 amide bonds. The Morgan fingerprint density at radius 1 is 1.35 bits per heavy atom. The number of nitrogens with zero attached hydrogens (tertiary/aromatic N) is 1. The van der Waals surface area contributed by atoms with E-state index in [0.29, 0.717) is 5.41 Å². The molecule has 0 radical (unpaired) electrons. The highest BCUT2D eigenvalue weighted by molar-refractivity contribution is 14.0. The van der Waals surface area contributed by atoms with Gasteiger partial charge in [-0.2, -0.15) is 11.8 Å². The highest BCUT2D eigenvalue weighted by Gasteiger charge is 2.37. The van der Waals surface area contributed by atoms with Crippen molar-refractivity contribution in [3.05, 3.63) is 0 Å². The Morgan fingerprint density at radius 3 is 2.35 bits per heavy atom. The van der Waals surface area contributed by atoms with Gasteiger partial charge in [0.15, 0.2) is 5.96 Å². The Bertz CT molecular complexity index is 262. The lowest BCUT2D eigenvalue weighted by molar-refractivity contribution is 0.546. The first-order chi connectivity index (χ1) is 7.41. The molecule has 17 heavy (non-hydrogen) atoms. The minimum Gasteiger partial charge on any atom is -0.356 e. The number of thioether (sulfide) groups is 1. The first kappa shape index (κ1) is 17.4. The van der Waals surface area contributed by atoms with Gasteiger partial charge in [0, 0.05) is 24.9 Å². The zero-order valence-corrected chi connectivity index (χ0v) is 14.7. The monoisotopic (exact) mass is 371 g/mol. The lowest BCUT2D eigenvalue weighted by atomic mass is 10.1. The van der Waals surface area contributed by atoms with Gasteiger partial charge in [-0.3, -0.25) is 4.99 Å². The number of hydrogen-bond donors (Lipinski definition) is 2. The Labute approximate surface area is 127 Å². The molecule has 1 fully saturated rings. The van der Waals surface area contributed by atoms with E-state index in [0.717, 1.165) is 19.0 Å². The van der Waals surface area contributed by atoms with Crippen molar-refractivity contribution in [2.24, 2.45) is 10.4 Å². The molecule has 0 aromatic carbocycles. The van der Waals surface area contributed by atoms with Crippen molar-refractivity contribution >= 4 is 41.7 Å². The SMILES string of the molecule is CN=C(NCC1(C)CC1)NCC(C)(C)SC.I. The maximum Gasteiger partial charge on any atom is 0.191 e. The quantitative estimate of drug-likeness (QED) is 0.443. The Morgan fingerprint density at radius 2 is 1.94 bits per heavy atom. The van der Waals surface area contributed by atoms with Gasteiger partial charge in [-0.05, 0) is 38.4 Å². The number of rotatable bonds is 5. The predicted octanol–water partition coefficient (Wildman–Crippen LogP) is 2.71. The summed E-state index contributed by atoms with van der Waals surface area (Å²) in [7, 11) is 1.83. The van der Waals surface area contributed by atoms with E-state index in [9.17, 15) is 0 Å². The Kier molecular flexibility index (Phi) is 7.21. The van der Waals surface area contributed by atoms with E-state index < -0.39 is 0 Å². The van der Waals surface area contributed by atoms with Crippen LogP contribution in [0.1, 0.15) is 33.6 Å². The molecule has 1 rings (SSSR count). The lowest BCUT2D eigenvalue weighted by Crippen LogP contribution is -2.44. The van der Waals surface area contributed by atoms with Crippen LogP contribution in [0.5, 0.6) is 0 Å². The van der Waals surface area contributed by atoms with E-state index in [1.165, 1.54) is 12.8 Å².